The first kappa shape index (κ1) is 12.1. The highest BCUT2D eigenvalue weighted by Crippen LogP contribution is 1.88. The van der Waals surface area contributed by atoms with Crippen molar-refractivity contribution in [3.05, 3.63) is 31.5 Å². The minimum absolute atomic E-state index is 0.188. The van der Waals surface area contributed by atoms with Gasteiger partial charge in [-0.15, -0.1) is 8.17 Å². The number of hydrogen-bond donors (Lipinski definition) is 0. The van der Waals surface area contributed by atoms with Crippen LogP contribution in [0, 0.1) is 0 Å². The topological polar surface area (TPSA) is 66.0 Å². The molecule has 0 spiro atoms. The molecule has 0 radical (unpaired) electrons. The molecule has 0 atom stereocenters. The molecule has 1 aromatic rings. The minimum atomic E-state index is -1.05. The van der Waals surface area contributed by atoms with E-state index in [0.29, 0.717) is 6.42 Å². The van der Waals surface area contributed by atoms with Gasteiger partial charge in [0.25, 0.3) is 0 Å². The maximum atomic E-state index is 11.4. The molecule has 0 aromatic carbocycles. The molecule has 0 N–H and O–H groups in total. The van der Waals surface area contributed by atoms with E-state index in [2.05, 4.69) is 0 Å². The molecule has 0 amide bonds. The van der Waals surface area contributed by atoms with Gasteiger partial charge in [-0.1, -0.05) is 13.3 Å². The van der Waals surface area contributed by atoms with Crippen LogP contribution in [0.25, 0.3) is 0 Å². The van der Waals surface area contributed by atoms with Crippen molar-refractivity contribution in [2.24, 2.45) is 0 Å². The molecule has 8 heteroatoms. The fourth-order valence-electron chi connectivity index (χ4n) is 1.04. The lowest BCUT2D eigenvalue weighted by molar-refractivity contribution is 0.543. The predicted molar refractivity (Wildman–Crippen MR) is 56.6 cm³/mol. The van der Waals surface area contributed by atoms with Crippen molar-refractivity contribution in [1.29, 1.82) is 0 Å². The lowest BCUT2D eigenvalue weighted by Gasteiger charge is -2.04. The normalized spacial score (nSPS) is 10.6. The number of hydrogen-bond acceptors (Lipinski definition) is 3. The Morgan fingerprint density at radius 2 is 1.47 bits per heavy atom. The van der Waals surface area contributed by atoms with Gasteiger partial charge in [-0.25, -0.2) is 19.0 Å². The molecule has 0 saturated heterocycles. The Kier molecular flexibility index (Phi) is 3.76. The third-order valence-corrected chi connectivity index (χ3v) is 2.45. The van der Waals surface area contributed by atoms with Gasteiger partial charge in [0.05, 0.1) is 0 Å². The van der Waals surface area contributed by atoms with Crippen molar-refractivity contribution >= 4 is 23.6 Å². The Labute approximate surface area is 94.5 Å². The van der Waals surface area contributed by atoms with E-state index in [0.717, 1.165) is 11.0 Å². The molecule has 15 heavy (non-hydrogen) atoms. The first-order valence-electron chi connectivity index (χ1n) is 4.32. The Balaban J connectivity index is 3.47. The van der Waals surface area contributed by atoms with Gasteiger partial charge in [0.2, 0.25) is 0 Å². The lowest BCUT2D eigenvalue weighted by Crippen LogP contribution is -2.49. The van der Waals surface area contributed by atoms with E-state index in [1.807, 2.05) is 6.92 Å². The molecular weight excluding hydrogens is 245 g/mol. The van der Waals surface area contributed by atoms with Crippen LogP contribution in [-0.4, -0.2) is 12.7 Å². The highest BCUT2D eigenvalue weighted by Gasteiger charge is 2.12. The molecule has 0 unspecified atom stereocenters. The number of unbranched alkanes of at least 4 members (excludes halogenated alkanes) is 1. The number of nitrogens with zero attached hydrogens (tertiary/aromatic N) is 3. The number of halogens is 2. The summed E-state index contributed by atoms with van der Waals surface area (Å²) in [5.74, 6) is 0. The third-order valence-electron chi connectivity index (χ3n) is 1.87. The van der Waals surface area contributed by atoms with Crippen molar-refractivity contribution < 1.29 is 0 Å². The molecule has 6 nitrogen and oxygen atoms in total. The molecule has 0 aliphatic rings. The second-order valence-electron chi connectivity index (χ2n) is 2.91. The summed E-state index contributed by atoms with van der Waals surface area (Å²) in [6.07, 6.45) is 1.43. The largest absolute Gasteiger partial charge is 0.366 e. The van der Waals surface area contributed by atoms with Crippen LogP contribution in [0.4, 0.5) is 0 Å². The van der Waals surface area contributed by atoms with E-state index in [1.54, 1.807) is 0 Å². The summed E-state index contributed by atoms with van der Waals surface area (Å²) < 4.78 is 1.39. The minimum Gasteiger partial charge on any atom is -0.246 e. The quantitative estimate of drug-likeness (QED) is 0.761. The zero-order valence-electron chi connectivity index (χ0n) is 7.94. The fourth-order valence-corrected chi connectivity index (χ4v) is 1.41. The first-order chi connectivity index (χ1) is 7.00. The summed E-state index contributed by atoms with van der Waals surface area (Å²) in [5, 5.41) is 0. The third kappa shape index (κ3) is 2.15. The number of aromatic nitrogens is 3. The first-order valence-corrected chi connectivity index (χ1v) is 4.99. The van der Waals surface area contributed by atoms with Crippen LogP contribution < -0.4 is 17.1 Å². The van der Waals surface area contributed by atoms with Crippen molar-refractivity contribution in [2.45, 2.75) is 26.3 Å². The molecule has 0 fully saturated rings. The lowest BCUT2D eigenvalue weighted by atomic mass is 10.3. The predicted octanol–water partition coefficient (Wildman–Crippen LogP) is -0.0244. The summed E-state index contributed by atoms with van der Waals surface area (Å²) in [7, 11) is 0. The van der Waals surface area contributed by atoms with Gasteiger partial charge in [0, 0.05) is 30.1 Å². The van der Waals surface area contributed by atoms with Gasteiger partial charge in [-0.3, -0.25) is 0 Å². The van der Waals surface area contributed by atoms with E-state index in [1.165, 1.54) is 0 Å². The summed E-state index contributed by atoms with van der Waals surface area (Å²) in [6, 6.07) is 0. The summed E-state index contributed by atoms with van der Waals surface area (Å²) >= 11 is 10.7. The average molecular weight is 254 g/mol. The van der Waals surface area contributed by atoms with Crippen LogP contribution in [0.15, 0.2) is 14.4 Å². The Morgan fingerprint density at radius 3 is 1.87 bits per heavy atom. The summed E-state index contributed by atoms with van der Waals surface area (Å²) in [5.41, 5.74) is -2.78. The monoisotopic (exact) mass is 253 g/mol. The molecular formula is C7H9Cl2N3O3. The summed E-state index contributed by atoms with van der Waals surface area (Å²) in [6.45, 7) is 2.09. The van der Waals surface area contributed by atoms with E-state index < -0.39 is 17.1 Å². The standard InChI is InChI=1S/C7H9Cl2N3O3/c1-2-3-4-10-5(13)11(8)7(15)12(9)6(10)14/h2-4H2,1H3. The van der Waals surface area contributed by atoms with Crippen molar-refractivity contribution in [3.63, 3.8) is 0 Å². The van der Waals surface area contributed by atoms with Gasteiger partial charge >= 0.3 is 17.1 Å². The van der Waals surface area contributed by atoms with E-state index in [-0.39, 0.29) is 14.7 Å². The molecule has 0 aliphatic heterocycles. The van der Waals surface area contributed by atoms with Gasteiger partial charge in [0.1, 0.15) is 0 Å². The molecule has 1 aromatic heterocycles. The van der Waals surface area contributed by atoms with Crippen molar-refractivity contribution in [3.8, 4) is 0 Å². The highest BCUT2D eigenvalue weighted by atomic mass is 35.5. The zero-order chi connectivity index (χ0) is 11.6. The van der Waals surface area contributed by atoms with Crippen molar-refractivity contribution in [2.75, 3.05) is 0 Å². The molecule has 1 heterocycles. The Morgan fingerprint density at radius 1 is 1.00 bits per heavy atom. The second-order valence-corrected chi connectivity index (χ2v) is 3.59. The van der Waals surface area contributed by atoms with Gasteiger partial charge in [0.15, 0.2) is 0 Å². The molecule has 1 rings (SSSR count). The van der Waals surface area contributed by atoms with Crippen molar-refractivity contribution in [1.82, 2.24) is 12.7 Å². The fraction of sp³-hybridized carbons (Fsp3) is 0.571. The molecule has 0 saturated carbocycles. The maximum absolute atomic E-state index is 11.4. The SMILES string of the molecule is CCCCn1c(=O)n(Cl)c(=O)n(Cl)c1=O. The smallest absolute Gasteiger partial charge is 0.246 e. The van der Waals surface area contributed by atoms with E-state index >= 15 is 0 Å². The highest BCUT2D eigenvalue weighted by molar-refractivity contribution is 6.17. The van der Waals surface area contributed by atoms with Gasteiger partial charge in [-0.2, -0.15) is 0 Å². The Hall–Kier alpha value is -1.01. The molecule has 0 bridgehead atoms. The van der Waals surface area contributed by atoms with Crippen LogP contribution in [0.1, 0.15) is 19.8 Å². The van der Waals surface area contributed by atoms with E-state index in [4.69, 9.17) is 23.6 Å². The Bertz CT molecular complexity index is 488. The summed E-state index contributed by atoms with van der Waals surface area (Å²) in [4.78, 5) is 33.9. The van der Waals surface area contributed by atoms with Gasteiger partial charge < -0.3 is 0 Å². The second kappa shape index (κ2) is 4.67. The average Bonchev–Trinajstić information content (AvgIpc) is 2.24. The molecule has 84 valence electrons. The van der Waals surface area contributed by atoms with Gasteiger partial charge in [-0.05, 0) is 6.42 Å². The van der Waals surface area contributed by atoms with Crippen LogP contribution in [0.3, 0.4) is 0 Å². The van der Waals surface area contributed by atoms with E-state index in [9.17, 15) is 14.4 Å². The zero-order valence-corrected chi connectivity index (χ0v) is 9.46. The van der Waals surface area contributed by atoms with Crippen LogP contribution in [-0.2, 0) is 6.54 Å². The maximum Gasteiger partial charge on any atom is 0.366 e. The number of rotatable bonds is 3. The van der Waals surface area contributed by atoms with Crippen LogP contribution in [0.5, 0.6) is 0 Å². The van der Waals surface area contributed by atoms with Crippen LogP contribution in [0.2, 0.25) is 0 Å². The molecule has 0 aliphatic carbocycles. The van der Waals surface area contributed by atoms with Crippen LogP contribution >= 0.6 is 23.6 Å².